The van der Waals surface area contributed by atoms with Crippen LogP contribution in [-0.4, -0.2) is 37.1 Å². The van der Waals surface area contributed by atoms with E-state index in [4.69, 9.17) is 15.2 Å². The molecule has 0 aliphatic carbocycles. The van der Waals surface area contributed by atoms with Gasteiger partial charge in [-0.25, -0.2) is 9.78 Å². The second-order valence-corrected chi connectivity index (χ2v) is 5.51. The van der Waals surface area contributed by atoms with Crippen LogP contribution in [0.2, 0.25) is 0 Å². The fourth-order valence-corrected chi connectivity index (χ4v) is 2.56. The van der Waals surface area contributed by atoms with E-state index in [1.807, 2.05) is 6.07 Å². The Morgan fingerprint density at radius 3 is 2.76 bits per heavy atom. The lowest BCUT2D eigenvalue weighted by Gasteiger charge is -2.30. The molecular weight excluding hydrogens is 320 g/mol. The molecule has 0 bridgehead atoms. The predicted molar refractivity (Wildman–Crippen MR) is 96.1 cm³/mol. The van der Waals surface area contributed by atoms with E-state index in [0.717, 1.165) is 37.9 Å². The first-order chi connectivity index (χ1) is 12.2. The molecule has 0 unspecified atom stereocenters. The molecule has 130 valence electrons. The second kappa shape index (κ2) is 7.67. The van der Waals surface area contributed by atoms with Crippen LogP contribution in [0.25, 0.3) is 0 Å². The molecule has 7 heteroatoms. The quantitative estimate of drug-likeness (QED) is 0.488. The molecule has 1 aliphatic heterocycles. The van der Waals surface area contributed by atoms with Crippen LogP contribution in [0.3, 0.4) is 0 Å². The summed E-state index contributed by atoms with van der Waals surface area (Å²) in [7, 11) is 0. The zero-order chi connectivity index (χ0) is 17.6. The third-order valence-corrected chi connectivity index (χ3v) is 3.76. The highest BCUT2D eigenvalue weighted by Gasteiger charge is 2.15. The van der Waals surface area contributed by atoms with E-state index >= 15 is 0 Å². The molecule has 0 radical (unpaired) electrons. The SMILES string of the molecule is C=CC(=O)Oc1cccc(Oc2cnc(N)c(N3CCNCC3)c2)c1. The number of carbonyl (C=O) groups excluding carboxylic acids is 1. The minimum Gasteiger partial charge on any atom is -0.456 e. The van der Waals surface area contributed by atoms with Crippen molar-refractivity contribution in [2.24, 2.45) is 0 Å². The Bertz CT molecular complexity index is 773. The fraction of sp³-hybridized carbons (Fsp3) is 0.222. The van der Waals surface area contributed by atoms with Crippen molar-refractivity contribution in [1.82, 2.24) is 10.3 Å². The smallest absolute Gasteiger partial charge is 0.335 e. The number of ether oxygens (including phenoxy) is 2. The highest BCUT2D eigenvalue weighted by Crippen LogP contribution is 2.30. The molecular formula is C18H20N4O3. The van der Waals surface area contributed by atoms with E-state index in [2.05, 4.69) is 21.8 Å². The molecule has 2 aromatic rings. The minimum atomic E-state index is -0.521. The van der Waals surface area contributed by atoms with Gasteiger partial charge in [-0.2, -0.15) is 0 Å². The summed E-state index contributed by atoms with van der Waals surface area (Å²) in [5, 5.41) is 3.30. The molecule has 1 fully saturated rings. The first-order valence-corrected chi connectivity index (χ1v) is 7.99. The maximum atomic E-state index is 11.3. The number of pyridine rings is 1. The number of nitrogens with zero attached hydrogens (tertiary/aromatic N) is 2. The number of benzene rings is 1. The normalized spacial score (nSPS) is 14.0. The van der Waals surface area contributed by atoms with E-state index < -0.39 is 5.97 Å². The van der Waals surface area contributed by atoms with Crippen molar-refractivity contribution in [1.29, 1.82) is 0 Å². The Morgan fingerprint density at radius 1 is 1.24 bits per heavy atom. The summed E-state index contributed by atoms with van der Waals surface area (Å²) in [5.41, 5.74) is 6.87. The standard InChI is InChI=1S/C18H20N4O3/c1-2-17(23)25-14-5-3-4-13(10-14)24-15-11-16(18(19)21-12-15)22-8-6-20-7-9-22/h2-5,10-12,20H,1,6-9H2,(H2,19,21). The van der Waals surface area contributed by atoms with Gasteiger partial charge in [0.05, 0.1) is 11.9 Å². The Labute approximate surface area is 146 Å². The number of hydrogen-bond acceptors (Lipinski definition) is 7. The fourth-order valence-electron chi connectivity index (χ4n) is 2.56. The maximum absolute atomic E-state index is 11.3. The molecule has 0 amide bonds. The van der Waals surface area contributed by atoms with Crippen LogP contribution in [0.4, 0.5) is 11.5 Å². The lowest BCUT2D eigenvalue weighted by atomic mass is 10.2. The number of nitrogens with one attached hydrogen (secondary N) is 1. The van der Waals surface area contributed by atoms with E-state index in [9.17, 15) is 4.79 Å². The molecule has 1 aliphatic rings. The average Bonchev–Trinajstić information content (AvgIpc) is 2.64. The lowest BCUT2D eigenvalue weighted by Crippen LogP contribution is -2.43. The molecule has 3 rings (SSSR count). The van der Waals surface area contributed by atoms with E-state index in [1.165, 1.54) is 0 Å². The van der Waals surface area contributed by atoms with Gasteiger partial charge in [0, 0.05) is 44.4 Å². The zero-order valence-electron chi connectivity index (χ0n) is 13.8. The first-order valence-electron chi connectivity index (χ1n) is 7.99. The van der Waals surface area contributed by atoms with Gasteiger partial charge in [0.1, 0.15) is 23.1 Å². The number of carbonyl (C=O) groups is 1. The van der Waals surface area contributed by atoms with Crippen molar-refractivity contribution < 1.29 is 14.3 Å². The van der Waals surface area contributed by atoms with Gasteiger partial charge in [-0.3, -0.25) is 0 Å². The van der Waals surface area contributed by atoms with E-state index in [-0.39, 0.29) is 0 Å². The van der Waals surface area contributed by atoms with Crippen molar-refractivity contribution in [2.75, 3.05) is 36.8 Å². The summed E-state index contributed by atoms with van der Waals surface area (Å²) >= 11 is 0. The van der Waals surface area contributed by atoms with Gasteiger partial charge in [-0.05, 0) is 12.1 Å². The van der Waals surface area contributed by atoms with Crippen LogP contribution in [0.1, 0.15) is 0 Å². The second-order valence-electron chi connectivity index (χ2n) is 5.51. The number of piperazine rings is 1. The molecule has 3 N–H and O–H groups in total. The lowest BCUT2D eigenvalue weighted by molar-refractivity contribution is -0.128. The van der Waals surface area contributed by atoms with E-state index in [1.54, 1.807) is 30.5 Å². The number of nitrogen functional groups attached to an aromatic ring is 1. The van der Waals surface area contributed by atoms with Gasteiger partial charge < -0.3 is 25.4 Å². The third-order valence-electron chi connectivity index (χ3n) is 3.76. The van der Waals surface area contributed by atoms with Crippen LogP contribution >= 0.6 is 0 Å². The van der Waals surface area contributed by atoms with Gasteiger partial charge in [-0.1, -0.05) is 12.6 Å². The molecule has 0 saturated carbocycles. The number of hydrogen-bond donors (Lipinski definition) is 2. The molecule has 1 aromatic carbocycles. The van der Waals surface area contributed by atoms with Gasteiger partial charge in [0.2, 0.25) is 0 Å². The predicted octanol–water partition coefficient (Wildman–Crippen LogP) is 1.96. The summed E-state index contributed by atoms with van der Waals surface area (Å²) in [6.45, 7) is 6.91. The molecule has 1 aromatic heterocycles. The summed E-state index contributed by atoms with van der Waals surface area (Å²) in [6.07, 6.45) is 2.68. The highest BCUT2D eigenvalue weighted by molar-refractivity contribution is 5.83. The monoisotopic (exact) mass is 340 g/mol. The average molecular weight is 340 g/mol. The van der Waals surface area contributed by atoms with Crippen molar-refractivity contribution in [3.05, 3.63) is 49.2 Å². The molecule has 2 heterocycles. The summed E-state index contributed by atoms with van der Waals surface area (Å²) in [4.78, 5) is 17.7. The van der Waals surface area contributed by atoms with Crippen LogP contribution < -0.4 is 25.4 Å². The Morgan fingerprint density at radius 2 is 2.00 bits per heavy atom. The van der Waals surface area contributed by atoms with Crippen LogP contribution in [0.15, 0.2) is 49.2 Å². The molecule has 1 saturated heterocycles. The molecule has 7 nitrogen and oxygen atoms in total. The number of esters is 1. The Kier molecular flexibility index (Phi) is 5.15. The molecule has 0 atom stereocenters. The van der Waals surface area contributed by atoms with Crippen LogP contribution in [0, 0.1) is 0 Å². The zero-order valence-corrected chi connectivity index (χ0v) is 13.8. The highest BCUT2D eigenvalue weighted by atomic mass is 16.5. The topological polar surface area (TPSA) is 89.7 Å². The summed E-state index contributed by atoms with van der Waals surface area (Å²) in [6, 6.07) is 8.68. The third kappa shape index (κ3) is 4.27. The number of nitrogens with two attached hydrogens (primary N) is 1. The van der Waals surface area contributed by atoms with Crippen molar-refractivity contribution in [3.8, 4) is 17.2 Å². The van der Waals surface area contributed by atoms with E-state index in [0.29, 0.717) is 23.1 Å². The number of aromatic nitrogens is 1. The molecule has 25 heavy (non-hydrogen) atoms. The summed E-state index contributed by atoms with van der Waals surface area (Å²) < 4.78 is 10.9. The number of anilines is 2. The van der Waals surface area contributed by atoms with Gasteiger partial charge in [0.15, 0.2) is 0 Å². The Hall–Kier alpha value is -3.06. The summed E-state index contributed by atoms with van der Waals surface area (Å²) in [5.74, 6) is 1.44. The number of rotatable bonds is 5. The largest absolute Gasteiger partial charge is 0.456 e. The van der Waals surface area contributed by atoms with Gasteiger partial charge in [-0.15, -0.1) is 0 Å². The Balaban J connectivity index is 1.77. The van der Waals surface area contributed by atoms with Gasteiger partial charge in [0.25, 0.3) is 0 Å². The first kappa shape index (κ1) is 16.8. The van der Waals surface area contributed by atoms with Crippen LogP contribution in [-0.2, 0) is 4.79 Å². The molecule has 0 spiro atoms. The van der Waals surface area contributed by atoms with Crippen molar-refractivity contribution in [3.63, 3.8) is 0 Å². The van der Waals surface area contributed by atoms with Crippen molar-refractivity contribution >= 4 is 17.5 Å². The van der Waals surface area contributed by atoms with Crippen molar-refractivity contribution in [2.45, 2.75) is 0 Å². The van der Waals surface area contributed by atoms with Crippen LogP contribution in [0.5, 0.6) is 17.2 Å². The van der Waals surface area contributed by atoms with Gasteiger partial charge >= 0.3 is 5.97 Å². The minimum absolute atomic E-state index is 0.383. The maximum Gasteiger partial charge on any atom is 0.335 e.